The third-order valence-corrected chi connectivity index (χ3v) is 6.05. The SMILES string of the molecule is Cc1nc(N[C@H]2C[C@H](Cc3ccc(C(F)(F)F)nn3)C2)nc2c1NC(=O)C(C(C)C)N2C. The smallest absolute Gasteiger partial charge is 0.351 e. The molecular weight excluding hydrogens is 423 g/mol. The van der Waals surface area contributed by atoms with E-state index in [2.05, 4.69) is 30.8 Å². The van der Waals surface area contributed by atoms with Gasteiger partial charge in [-0.15, -0.1) is 5.10 Å². The number of nitrogens with zero attached hydrogens (tertiary/aromatic N) is 5. The lowest BCUT2D eigenvalue weighted by molar-refractivity contribution is -0.141. The van der Waals surface area contributed by atoms with Gasteiger partial charge in [0.15, 0.2) is 11.5 Å². The summed E-state index contributed by atoms with van der Waals surface area (Å²) in [6.07, 6.45) is -2.22. The van der Waals surface area contributed by atoms with Crippen molar-refractivity contribution in [2.75, 3.05) is 22.6 Å². The molecule has 3 heterocycles. The van der Waals surface area contributed by atoms with Crippen molar-refractivity contribution in [1.29, 1.82) is 0 Å². The summed E-state index contributed by atoms with van der Waals surface area (Å²) in [5.41, 5.74) is 0.901. The molecule has 172 valence electrons. The first-order valence-electron chi connectivity index (χ1n) is 10.6. The van der Waals surface area contributed by atoms with Crippen LogP contribution >= 0.6 is 0 Å². The number of amides is 1. The molecule has 0 saturated heterocycles. The number of halogens is 3. The van der Waals surface area contributed by atoms with Gasteiger partial charge in [-0.1, -0.05) is 13.8 Å². The third kappa shape index (κ3) is 4.33. The van der Waals surface area contributed by atoms with Crippen molar-refractivity contribution in [3.8, 4) is 0 Å². The van der Waals surface area contributed by atoms with Gasteiger partial charge in [-0.3, -0.25) is 4.79 Å². The Morgan fingerprint density at radius 1 is 1.22 bits per heavy atom. The molecule has 2 aromatic rings. The molecule has 1 atom stereocenters. The minimum absolute atomic E-state index is 0.0596. The predicted octanol–water partition coefficient (Wildman–Crippen LogP) is 3.44. The quantitative estimate of drug-likeness (QED) is 0.722. The second kappa shape index (κ2) is 8.18. The number of likely N-dealkylation sites (N-methyl/N-ethyl adjacent to an activating group) is 1. The number of hydrogen-bond donors (Lipinski definition) is 2. The fraction of sp³-hybridized carbons (Fsp3) is 0.571. The van der Waals surface area contributed by atoms with Gasteiger partial charge in [0.2, 0.25) is 11.9 Å². The number of anilines is 3. The summed E-state index contributed by atoms with van der Waals surface area (Å²) in [5, 5.41) is 13.3. The molecule has 1 saturated carbocycles. The maximum atomic E-state index is 12.6. The first-order valence-corrected chi connectivity index (χ1v) is 10.6. The van der Waals surface area contributed by atoms with Crippen molar-refractivity contribution in [3.63, 3.8) is 0 Å². The number of fused-ring (bicyclic) bond motifs is 1. The summed E-state index contributed by atoms with van der Waals surface area (Å²) in [7, 11) is 1.86. The van der Waals surface area contributed by atoms with Crippen LogP contribution in [0.15, 0.2) is 12.1 Å². The van der Waals surface area contributed by atoms with Crippen LogP contribution in [0.2, 0.25) is 0 Å². The Morgan fingerprint density at radius 3 is 2.53 bits per heavy atom. The van der Waals surface area contributed by atoms with Gasteiger partial charge in [0, 0.05) is 13.1 Å². The molecule has 0 radical (unpaired) electrons. The number of carbonyl (C=O) groups excluding carboxylic acids is 1. The van der Waals surface area contributed by atoms with E-state index < -0.39 is 11.9 Å². The van der Waals surface area contributed by atoms with Crippen molar-refractivity contribution in [2.24, 2.45) is 11.8 Å². The molecule has 2 aromatic heterocycles. The molecule has 4 rings (SSSR count). The predicted molar refractivity (Wildman–Crippen MR) is 113 cm³/mol. The van der Waals surface area contributed by atoms with Crippen LogP contribution < -0.4 is 15.5 Å². The topological polar surface area (TPSA) is 95.9 Å². The van der Waals surface area contributed by atoms with E-state index in [0.29, 0.717) is 41.2 Å². The van der Waals surface area contributed by atoms with E-state index in [0.717, 1.165) is 18.9 Å². The van der Waals surface area contributed by atoms with Gasteiger partial charge >= 0.3 is 6.18 Å². The number of nitrogens with one attached hydrogen (secondary N) is 2. The second-order valence-corrected chi connectivity index (χ2v) is 8.91. The molecule has 1 amide bonds. The number of carbonyl (C=O) groups is 1. The Bertz CT molecular complexity index is 1000. The van der Waals surface area contributed by atoms with Crippen LogP contribution in [0.5, 0.6) is 0 Å². The molecule has 1 fully saturated rings. The maximum Gasteiger partial charge on any atom is 0.435 e. The highest BCUT2D eigenvalue weighted by molar-refractivity contribution is 6.03. The first-order chi connectivity index (χ1) is 15.0. The summed E-state index contributed by atoms with van der Waals surface area (Å²) in [6, 6.07) is 2.23. The first kappa shape index (κ1) is 22.2. The normalized spacial score (nSPS) is 22.9. The number of aryl methyl sites for hydroxylation is 1. The monoisotopic (exact) mass is 449 g/mol. The molecule has 1 unspecified atom stereocenters. The summed E-state index contributed by atoms with van der Waals surface area (Å²) < 4.78 is 37.8. The van der Waals surface area contributed by atoms with E-state index in [1.807, 2.05) is 32.7 Å². The molecule has 8 nitrogen and oxygen atoms in total. The van der Waals surface area contributed by atoms with E-state index >= 15 is 0 Å². The van der Waals surface area contributed by atoms with E-state index in [9.17, 15) is 18.0 Å². The average Bonchev–Trinajstić information content (AvgIpc) is 2.67. The summed E-state index contributed by atoms with van der Waals surface area (Å²) in [6.45, 7) is 5.82. The lowest BCUT2D eigenvalue weighted by Crippen LogP contribution is -2.50. The fourth-order valence-corrected chi connectivity index (χ4v) is 4.40. The third-order valence-electron chi connectivity index (χ3n) is 6.05. The van der Waals surface area contributed by atoms with E-state index in [-0.39, 0.29) is 23.9 Å². The highest BCUT2D eigenvalue weighted by Crippen LogP contribution is 2.36. The van der Waals surface area contributed by atoms with E-state index in [1.54, 1.807) is 0 Å². The zero-order valence-electron chi connectivity index (χ0n) is 18.4. The van der Waals surface area contributed by atoms with Crippen molar-refractivity contribution in [1.82, 2.24) is 20.2 Å². The molecule has 0 spiro atoms. The summed E-state index contributed by atoms with van der Waals surface area (Å²) in [5.74, 6) is 1.57. The van der Waals surface area contributed by atoms with Crippen molar-refractivity contribution < 1.29 is 18.0 Å². The molecule has 11 heteroatoms. The van der Waals surface area contributed by atoms with Crippen LogP contribution in [0.25, 0.3) is 0 Å². The Hall–Kier alpha value is -2.98. The second-order valence-electron chi connectivity index (χ2n) is 8.91. The number of hydrogen-bond acceptors (Lipinski definition) is 7. The van der Waals surface area contributed by atoms with E-state index in [1.165, 1.54) is 6.07 Å². The lowest BCUT2D eigenvalue weighted by atomic mass is 9.77. The van der Waals surface area contributed by atoms with Gasteiger partial charge in [0.05, 0.1) is 11.4 Å². The zero-order valence-corrected chi connectivity index (χ0v) is 18.4. The Morgan fingerprint density at radius 2 is 1.94 bits per heavy atom. The molecule has 0 aromatic carbocycles. The fourth-order valence-electron chi connectivity index (χ4n) is 4.40. The number of rotatable bonds is 5. The number of alkyl halides is 3. The Labute approximate surface area is 184 Å². The summed E-state index contributed by atoms with van der Waals surface area (Å²) >= 11 is 0. The molecule has 1 aliphatic heterocycles. The van der Waals surface area contributed by atoms with Gasteiger partial charge in [-0.25, -0.2) is 4.98 Å². The Balaban J connectivity index is 1.37. The highest BCUT2D eigenvalue weighted by atomic mass is 19.4. The lowest BCUT2D eigenvalue weighted by Gasteiger charge is -2.38. The average molecular weight is 449 g/mol. The van der Waals surface area contributed by atoms with Crippen LogP contribution in [0.3, 0.4) is 0 Å². The molecule has 0 bridgehead atoms. The number of aromatic nitrogens is 4. The van der Waals surface area contributed by atoms with Crippen molar-refractivity contribution in [2.45, 2.75) is 58.3 Å². The van der Waals surface area contributed by atoms with Crippen molar-refractivity contribution in [3.05, 3.63) is 29.2 Å². The summed E-state index contributed by atoms with van der Waals surface area (Å²) in [4.78, 5) is 23.5. The maximum absolute atomic E-state index is 12.6. The molecule has 1 aliphatic carbocycles. The minimum Gasteiger partial charge on any atom is -0.351 e. The van der Waals surface area contributed by atoms with Crippen LogP contribution in [0, 0.1) is 18.8 Å². The van der Waals surface area contributed by atoms with Gasteiger partial charge in [0.25, 0.3) is 0 Å². The van der Waals surface area contributed by atoms with Crippen LogP contribution in [-0.2, 0) is 17.4 Å². The molecule has 2 N–H and O–H groups in total. The van der Waals surface area contributed by atoms with Crippen LogP contribution in [0.4, 0.5) is 30.6 Å². The molecular formula is C21H26F3N7O. The van der Waals surface area contributed by atoms with Crippen LogP contribution in [-0.4, -0.2) is 45.2 Å². The van der Waals surface area contributed by atoms with Gasteiger partial charge < -0.3 is 15.5 Å². The molecule has 2 aliphatic rings. The standard InChI is InChI=1S/C21H26F3N7O/c1-10(2)17-19(32)27-16-11(3)25-20(28-18(16)31(17)4)26-14-8-12(9-14)7-13-5-6-15(30-29-13)21(22,23)24/h5-6,10,12,14,17H,7-9H2,1-4H3,(H,27,32)(H,25,26,28)/t12-,14-,17?. The largest absolute Gasteiger partial charge is 0.435 e. The van der Waals surface area contributed by atoms with Crippen molar-refractivity contribution >= 4 is 23.4 Å². The van der Waals surface area contributed by atoms with Gasteiger partial charge in [-0.05, 0) is 50.2 Å². The minimum atomic E-state index is -4.48. The molecule has 32 heavy (non-hydrogen) atoms. The van der Waals surface area contributed by atoms with Gasteiger partial charge in [-0.2, -0.15) is 23.3 Å². The van der Waals surface area contributed by atoms with Gasteiger partial charge in [0.1, 0.15) is 11.7 Å². The van der Waals surface area contributed by atoms with Crippen LogP contribution in [0.1, 0.15) is 43.8 Å². The Kier molecular flexibility index (Phi) is 5.68. The highest BCUT2D eigenvalue weighted by Gasteiger charge is 2.36. The van der Waals surface area contributed by atoms with E-state index in [4.69, 9.17) is 0 Å². The zero-order chi connectivity index (χ0) is 23.2.